The molecule has 0 N–H and O–H groups in total. The first-order chi connectivity index (χ1) is 9.13. The molecule has 1 unspecified atom stereocenters. The second-order valence-electron chi connectivity index (χ2n) is 5.02. The second-order valence-corrected chi connectivity index (χ2v) is 5.02. The minimum atomic E-state index is -0.324. The van der Waals surface area contributed by atoms with E-state index in [0.717, 1.165) is 12.8 Å². The van der Waals surface area contributed by atoms with Crippen molar-refractivity contribution in [2.24, 2.45) is 0 Å². The SMILES string of the molecule is C#CCN(C(=O)OC(C)C)C1CCc2ccccc21. The zero-order valence-corrected chi connectivity index (χ0v) is 11.4. The minimum Gasteiger partial charge on any atom is -0.447 e. The van der Waals surface area contributed by atoms with Crippen LogP contribution in [-0.4, -0.2) is 23.6 Å². The third kappa shape index (κ3) is 2.90. The van der Waals surface area contributed by atoms with Crippen molar-refractivity contribution in [1.29, 1.82) is 0 Å². The summed E-state index contributed by atoms with van der Waals surface area (Å²) in [6.07, 6.45) is 6.82. The number of amides is 1. The Hall–Kier alpha value is -1.95. The standard InChI is InChI=1S/C16H19NO2/c1-4-11-17(16(18)19-12(2)3)15-10-9-13-7-5-6-8-14(13)15/h1,5-8,12,15H,9-11H2,2-3H3. The van der Waals surface area contributed by atoms with Crippen molar-refractivity contribution in [3.05, 3.63) is 35.4 Å². The lowest BCUT2D eigenvalue weighted by Gasteiger charge is -2.28. The molecule has 0 fully saturated rings. The Labute approximate surface area is 114 Å². The molecule has 1 atom stereocenters. The van der Waals surface area contributed by atoms with E-state index < -0.39 is 0 Å². The molecular formula is C16H19NO2. The van der Waals surface area contributed by atoms with Crippen LogP contribution in [0.25, 0.3) is 0 Å². The van der Waals surface area contributed by atoms with Crippen molar-refractivity contribution in [2.75, 3.05) is 6.54 Å². The van der Waals surface area contributed by atoms with E-state index in [-0.39, 0.29) is 24.8 Å². The zero-order chi connectivity index (χ0) is 13.8. The number of hydrogen-bond donors (Lipinski definition) is 0. The van der Waals surface area contributed by atoms with Gasteiger partial charge in [-0.1, -0.05) is 30.2 Å². The molecule has 0 aliphatic heterocycles. The Morgan fingerprint density at radius 3 is 2.95 bits per heavy atom. The quantitative estimate of drug-likeness (QED) is 0.778. The number of terminal acetylenes is 1. The molecule has 0 aromatic heterocycles. The molecule has 0 saturated heterocycles. The van der Waals surface area contributed by atoms with Gasteiger partial charge in [0, 0.05) is 0 Å². The zero-order valence-electron chi connectivity index (χ0n) is 11.4. The number of ether oxygens (including phenoxy) is 1. The average molecular weight is 257 g/mol. The molecular weight excluding hydrogens is 238 g/mol. The third-order valence-corrected chi connectivity index (χ3v) is 3.31. The van der Waals surface area contributed by atoms with Gasteiger partial charge in [-0.05, 0) is 37.8 Å². The van der Waals surface area contributed by atoms with Gasteiger partial charge in [0.2, 0.25) is 0 Å². The van der Waals surface area contributed by atoms with Crippen LogP contribution in [0.3, 0.4) is 0 Å². The summed E-state index contributed by atoms with van der Waals surface area (Å²) in [6.45, 7) is 3.97. The smallest absolute Gasteiger partial charge is 0.411 e. The molecule has 1 amide bonds. The second kappa shape index (κ2) is 5.79. The van der Waals surface area contributed by atoms with Crippen molar-refractivity contribution < 1.29 is 9.53 Å². The van der Waals surface area contributed by atoms with Crippen LogP contribution in [0.1, 0.15) is 37.4 Å². The van der Waals surface area contributed by atoms with E-state index in [9.17, 15) is 4.79 Å². The lowest BCUT2D eigenvalue weighted by atomic mass is 10.1. The number of rotatable bonds is 3. The van der Waals surface area contributed by atoms with Gasteiger partial charge in [0.05, 0.1) is 18.7 Å². The molecule has 1 aromatic rings. The molecule has 0 heterocycles. The minimum absolute atomic E-state index is 0.0403. The molecule has 100 valence electrons. The summed E-state index contributed by atoms with van der Waals surface area (Å²) < 4.78 is 5.28. The first kappa shape index (κ1) is 13.5. The van der Waals surface area contributed by atoms with Crippen LogP contribution in [-0.2, 0) is 11.2 Å². The normalized spacial score (nSPS) is 16.8. The van der Waals surface area contributed by atoms with E-state index in [0.29, 0.717) is 0 Å². The van der Waals surface area contributed by atoms with Gasteiger partial charge in [-0.15, -0.1) is 6.42 Å². The van der Waals surface area contributed by atoms with Crippen LogP contribution < -0.4 is 0 Å². The fraction of sp³-hybridized carbons (Fsp3) is 0.438. The Morgan fingerprint density at radius 1 is 1.53 bits per heavy atom. The summed E-state index contributed by atoms with van der Waals surface area (Å²) in [4.78, 5) is 13.8. The number of carbonyl (C=O) groups excluding carboxylic acids is 1. The third-order valence-electron chi connectivity index (χ3n) is 3.31. The lowest BCUT2D eigenvalue weighted by molar-refractivity contribution is 0.0678. The van der Waals surface area contributed by atoms with Gasteiger partial charge in [0.25, 0.3) is 0 Å². The number of hydrogen-bond acceptors (Lipinski definition) is 2. The monoisotopic (exact) mass is 257 g/mol. The Bertz CT molecular complexity index is 502. The topological polar surface area (TPSA) is 29.5 Å². The fourth-order valence-corrected chi connectivity index (χ4v) is 2.53. The predicted molar refractivity (Wildman–Crippen MR) is 74.7 cm³/mol. The Balaban J connectivity index is 2.22. The van der Waals surface area contributed by atoms with Gasteiger partial charge in [0.1, 0.15) is 0 Å². The molecule has 1 aliphatic carbocycles. The predicted octanol–water partition coefficient (Wildman–Crippen LogP) is 3.15. The van der Waals surface area contributed by atoms with Crippen molar-refractivity contribution in [1.82, 2.24) is 4.90 Å². The van der Waals surface area contributed by atoms with Crippen LogP contribution in [0.5, 0.6) is 0 Å². The van der Waals surface area contributed by atoms with Crippen LogP contribution in [0.4, 0.5) is 4.79 Å². The maximum Gasteiger partial charge on any atom is 0.411 e. The molecule has 0 spiro atoms. The summed E-state index contributed by atoms with van der Waals surface area (Å²) in [5.41, 5.74) is 2.49. The maximum atomic E-state index is 12.1. The first-order valence-corrected chi connectivity index (χ1v) is 6.62. The number of aryl methyl sites for hydroxylation is 1. The fourth-order valence-electron chi connectivity index (χ4n) is 2.53. The molecule has 0 radical (unpaired) electrons. The lowest BCUT2D eigenvalue weighted by Crippen LogP contribution is -2.36. The Kier molecular flexibility index (Phi) is 4.11. The summed E-state index contributed by atoms with van der Waals surface area (Å²) in [5.74, 6) is 2.55. The van der Waals surface area contributed by atoms with E-state index in [4.69, 9.17) is 11.2 Å². The molecule has 2 rings (SSSR count). The van der Waals surface area contributed by atoms with Gasteiger partial charge in [-0.3, -0.25) is 4.90 Å². The number of carbonyl (C=O) groups is 1. The highest BCUT2D eigenvalue weighted by Gasteiger charge is 2.31. The van der Waals surface area contributed by atoms with E-state index >= 15 is 0 Å². The highest BCUT2D eigenvalue weighted by atomic mass is 16.6. The van der Waals surface area contributed by atoms with Crippen molar-refractivity contribution >= 4 is 6.09 Å². The Morgan fingerprint density at radius 2 is 2.26 bits per heavy atom. The first-order valence-electron chi connectivity index (χ1n) is 6.62. The molecule has 19 heavy (non-hydrogen) atoms. The highest BCUT2D eigenvalue weighted by molar-refractivity contribution is 5.69. The van der Waals surface area contributed by atoms with E-state index in [1.165, 1.54) is 11.1 Å². The average Bonchev–Trinajstić information content (AvgIpc) is 2.78. The molecule has 1 aromatic carbocycles. The van der Waals surface area contributed by atoms with Crippen LogP contribution in [0.15, 0.2) is 24.3 Å². The maximum absolute atomic E-state index is 12.1. The molecule has 0 saturated carbocycles. The van der Waals surface area contributed by atoms with E-state index in [2.05, 4.69) is 18.1 Å². The summed E-state index contributed by atoms with van der Waals surface area (Å²) in [7, 11) is 0. The van der Waals surface area contributed by atoms with Gasteiger partial charge in [0.15, 0.2) is 0 Å². The van der Waals surface area contributed by atoms with Crippen LogP contribution >= 0.6 is 0 Å². The number of nitrogens with zero attached hydrogens (tertiary/aromatic N) is 1. The number of benzene rings is 1. The summed E-state index contributed by atoms with van der Waals surface area (Å²) in [6, 6.07) is 8.24. The van der Waals surface area contributed by atoms with Gasteiger partial charge in [-0.2, -0.15) is 0 Å². The van der Waals surface area contributed by atoms with Crippen LogP contribution in [0.2, 0.25) is 0 Å². The highest BCUT2D eigenvalue weighted by Crippen LogP contribution is 2.35. The van der Waals surface area contributed by atoms with Crippen LogP contribution in [0, 0.1) is 12.3 Å². The number of fused-ring (bicyclic) bond motifs is 1. The van der Waals surface area contributed by atoms with Gasteiger partial charge >= 0.3 is 6.09 Å². The summed E-state index contributed by atoms with van der Waals surface area (Å²) in [5, 5.41) is 0. The summed E-state index contributed by atoms with van der Waals surface area (Å²) >= 11 is 0. The largest absolute Gasteiger partial charge is 0.447 e. The molecule has 3 heteroatoms. The van der Waals surface area contributed by atoms with E-state index in [1.807, 2.05) is 26.0 Å². The van der Waals surface area contributed by atoms with E-state index in [1.54, 1.807) is 4.90 Å². The molecule has 0 bridgehead atoms. The van der Waals surface area contributed by atoms with Crippen molar-refractivity contribution in [3.63, 3.8) is 0 Å². The molecule has 3 nitrogen and oxygen atoms in total. The molecule has 1 aliphatic rings. The van der Waals surface area contributed by atoms with Gasteiger partial charge < -0.3 is 4.74 Å². The van der Waals surface area contributed by atoms with Crippen molar-refractivity contribution in [3.8, 4) is 12.3 Å². The van der Waals surface area contributed by atoms with Gasteiger partial charge in [-0.25, -0.2) is 4.79 Å². The van der Waals surface area contributed by atoms with Crippen molar-refractivity contribution in [2.45, 2.75) is 38.8 Å².